The summed E-state index contributed by atoms with van der Waals surface area (Å²) in [6, 6.07) is 6.80. The predicted octanol–water partition coefficient (Wildman–Crippen LogP) is 4.27. The van der Waals surface area contributed by atoms with Crippen LogP contribution in [0.3, 0.4) is 0 Å². The molecule has 0 amide bonds. The van der Waals surface area contributed by atoms with Gasteiger partial charge in [0, 0.05) is 0 Å². The summed E-state index contributed by atoms with van der Waals surface area (Å²) in [6.07, 6.45) is 0.946. The van der Waals surface area contributed by atoms with Crippen LogP contribution in [0.2, 0.25) is 0 Å². The van der Waals surface area contributed by atoms with Gasteiger partial charge in [-0.3, -0.25) is 0 Å². The smallest absolute Gasteiger partial charge is 0.0720 e. The molecule has 0 spiro atoms. The monoisotopic (exact) mass is 215 g/mol. The van der Waals surface area contributed by atoms with Gasteiger partial charge >= 0.3 is 0 Å². The molecule has 0 N–H and O–H groups in total. The number of hydrogen-bond donors (Lipinski definition) is 0. The number of rotatable bonds is 3. The van der Waals surface area contributed by atoms with Crippen LogP contribution in [0.5, 0.6) is 0 Å². The molecule has 0 radical (unpaired) electrons. The van der Waals surface area contributed by atoms with Crippen LogP contribution in [0, 0.1) is 38.0 Å². The summed E-state index contributed by atoms with van der Waals surface area (Å²) >= 11 is 0. The second kappa shape index (κ2) is 5.16. The van der Waals surface area contributed by atoms with Crippen molar-refractivity contribution < 1.29 is 0 Å². The number of hydrogen-bond acceptors (Lipinski definition) is 1. The van der Waals surface area contributed by atoms with Gasteiger partial charge in [0.05, 0.1) is 12.0 Å². The Morgan fingerprint density at radius 3 is 2.00 bits per heavy atom. The third kappa shape index (κ3) is 2.85. The van der Waals surface area contributed by atoms with Gasteiger partial charge in [-0.2, -0.15) is 5.26 Å². The molecule has 0 saturated carbocycles. The quantitative estimate of drug-likeness (QED) is 0.739. The van der Waals surface area contributed by atoms with Gasteiger partial charge in [0.2, 0.25) is 0 Å². The van der Waals surface area contributed by atoms with Gasteiger partial charge in [-0.1, -0.05) is 31.5 Å². The van der Waals surface area contributed by atoms with E-state index in [9.17, 15) is 5.26 Å². The fourth-order valence-corrected chi connectivity index (χ4v) is 2.45. The van der Waals surface area contributed by atoms with Crippen molar-refractivity contribution in [2.24, 2.45) is 5.92 Å². The zero-order chi connectivity index (χ0) is 12.3. The lowest BCUT2D eigenvalue weighted by molar-refractivity contribution is 0.553. The molecular weight excluding hydrogens is 194 g/mol. The van der Waals surface area contributed by atoms with Gasteiger partial charge in [-0.15, -0.1) is 0 Å². The first kappa shape index (κ1) is 12.8. The minimum atomic E-state index is 0.0422. The van der Waals surface area contributed by atoms with E-state index >= 15 is 0 Å². The van der Waals surface area contributed by atoms with Crippen molar-refractivity contribution >= 4 is 0 Å². The van der Waals surface area contributed by atoms with E-state index in [1.165, 1.54) is 22.3 Å². The molecule has 16 heavy (non-hydrogen) atoms. The molecule has 1 rings (SSSR count). The van der Waals surface area contributed by atoms with Crippen molar-refractivity contribution in [3.63, 3.8) is 0 Å². The molecule has 0 aromatic heterocycles. The molecule has 86 valence electrons. The molecule has 1 atom stereocenters. The summed E-state index contributed by atoms with van der Waals surface area (Å²) < 4.78 is 0. The predicted molar refractivity (Wildman–Crippen MR) is 68.5 cm³/mol. The highest BCUT2D eigenvalue weighted by molar-refractivity contribution is 5.42. The molecule has 1 heteroatoms. The molecule has 0 bridgehead atoms. The van der Waals surface area contributed by atoms with Crippen LogP contribution in [0.25, 0.3) is 0 Å². The number of nitriles is 1. The topological polar surface area (TPSA) is 23.8 Å². The first-order valence-electron chi connectivity index (χ1n) is 5.93. The van der Waals surface area contributed by atoms with Gasteiger partial charge in [0.25, 0.3) is 0 Å². The maximum absolute atomic E-state index is 9.30. The Morgan fingerprint density at radius 1 is 1.12 bits per heavy atom. The van der Waals surface area contributed by atoms with Crippen molar-refractivity contribution in [2.75, 3.05) is 0 Å². The van der Waals surface area contributed by atoms with Gasteiger partial charge in [-0.25, -0.2) is 0 Å². The molecule has 0 aliphatic carbocycles. The fraction of sp³-hybridized carbons (Fsp3) is 0.533. The highest BCUT2D eigenvalue weighted by atomic mass is 14.3. The van der Waals surface area contributed by atoms with Crippen LogP contribution in [0.4, 0.5) is 0 Å². The average Bonchev–Trinajstić information content (AvgIpc) is 2.13. The third-order valence-corrected chi connectivity index (χ3v) is 2.95. The van der Waals surface area contributed by atoms with Crippen LogP contribution in [-0.2, 0) is 0 Å². The number of benzene rings is 1. The number of nitrogens with zero attached hydrogens (tertiary/aromatic N) is 1. The minimum absolute atomic E-state index is 0.0422. The first-order valence-corrected chi connectivity index (χ1v) is 5.93. The highest BCUT2D eigenvalue weighted by Gasteiger charge is 2.17. The lowest BCUT2D eigenvalue weighted by atomic mass is 9.85. The zero-order valence-corrected chi connectivity index (χ0v) is 11.0. The highest BCUT2D eigenvalue weighted by Crippen LogP contribution is 2.29. The van der Waals surface area contributed by atoms with Crippen molar-refractivity contribution in [2.45, 2.75) is 47.0 Å². The number of aryl methyl sites for hydroxylation is 3. The summed E-state index contributed by atoms with van der Waals surface area (Å²) in [4.78, 5) is 0. The van der Waals surface area contributed by atoms with Gasteiger partial charge in [-0.05, 0) is 49.8 Å². The Balaban J connectivity index is 3.16. The van der Waals surface area contributed by atoms with Crippen LogP contribution >= 0.6 is 0 Å². The molecule has 0 heterocycles. The van der Waals surface area contributed by atoms with Gasteiger partial charge < -0.3 is 0 Å². The van der Waals surface area contributed by atoms with E-state index in [0.717, 1.165) is 6.42 Å². The Labute approximate surface area is 99.1 Å². The van der Waals surface area contributed by atoms with Crippen LogP contribution < -0.4 is 0 Å². The van der Waals surface area contributed by atoms with E-state index in [1.54, 1.807) is 0 Å². The Morgan fingerprint density at radius 2 is 1.62 bits per heavy atom. The average molecular weight is 215 g/mol. The summed E-state index contributed by atoms with van der Waals surface area (Å²) in [5.41, 5.74) is 5.02. The molecule has 0 aliphatic rings. The zero-order valence-electron chi connectivity index (χ0n) is 11.0. The third-order valence-electron chi connectivity index (χ3n) is 2.95. The molecular formula is C15H21N. The molecule has 0 saturated heterocycles. The summed E-state index contributed by atoms with van der Waals surface area (Å²) in [5.74, 6) is 0.602. The lowest BCUT2D eigenvalue weighted by Crippen LogP contribution is -2.05. The van der Waals surface area contributed by atoms with Gasteiger partial charge in [0.15, 0.2) is 0 Å². The van der Waals surface area contributed by atoms with Gasteiger partial charge in [0.1, 0.15) is 0 Å². The second-order valence-corrected chi connectivity index (χ2v) is 5.12. The van der Waals surface area contributed by atoms with Crippen LogP contribution in [-0.4, -0.2) is 0 Å². The molecule has 1 aromatic rings. The van der Waals surface area contributed by atoms with E-state index in [4.69, 9.17) is 0 Å². The summed E-state index contributed by atoms with van der Waals surface area (Å²) in [5, 5.41) is 9.30. The summed E-state index contributed by atoms with van der Waals surface area (Å²) in [6.45, 7) is 10.7. The lowest BCUT2D eigenvalue weighted by Gasteiger charge is -2.18. The Bertz CT molecular complexity index is 387. The van der Waals surface area contributed by atoms with E-state index in [0.29, 0.717) is 5.92 Å². The minimum Gasteiger partial charge on any atom is -0.198 e. The van der Waals surface area contributed by atoms with Crippen molar-refractivity contribution in [1.82, 2.24) is 0 Å². The largest absolute Gasteiger partial charge is 0.198 e. The maximum atomic E-state index is 9.30. The first-order chi connectivity index (χ1) is 7.45. The maximum Gasteiger partial charge on any atom is 0.0720 e. The molecule has 0 aliphatic heterocycles. The normalized spacial score (nSPS) is 12.6. The van der Waals surface area contributed by atoms with Crippen molar-refractivity contribution in [3.8, 4) is 6.07 Å². The molecule has 1 nitrogen and oxygen atoms in total. The molecule has 1 aromatic carbocycles. The van der Waals surface area contributed by atoms with Crippen LogP contribution in [0.1, 0.15) is 48.4 Å². The standard InChI is InChI=1S/C15H21N/c1-10(2)6-14(9-16)15-12(4)7-11(3)8-13(15)5/h7-8,10,14H,6H2,1-5H3. The van der Waals surface area contributed by atoms with Crippen LogP contribution in [0.15, 0.2) is 12.1 Å². The van der Waals surface area contributed by atoms with E-state index < -0.39 is 0 Å². The van der Waals surface area contributed by atoms with Crippen molar-refractivity contribution in [3.05, 3.63) is 34.4 Å². The second-order valence-electron chi connectivity index (χ2n) is 5.12. The summed E-state index contributed by atoms with van der Waals surface area (Å²) in [7, 11) is 0. The molecule has 1 unspecified atom stereocenters. The van der Waals surface area contributed by atoms with Crippen molar-refractivity contribution in [1.29, 1.82) is 5.26 Å². The fourth-order valence-electron chi connectivity index (χ4n) is 2.45. The Hall–Kier alpha value is -1.29. The van der Waals surface area contributed by atoms with E-state index in [1.807, 2.05) is 0 Å². The Kier molecular flexibility index (Phi) is 4.12. The van der Waals surface area contributed by atoms with E-state index in [2.05, 4.69) is 52.8 Å². The van der Waals surface area contributed by atoms with E-state index in [-0.39, 0.29) is 5.92 Å². The SMILES string of the molecule is Cc1cc(C)c(C(C#N)CC(C)C)c(C)c1. The molecule has 0 fully saturated rings.